The van der Waals surface area contributed by atoms with E-state index in [1.54, 1.807) is 7.11 Å². The van der Waals surface area contributed by atoms with Crippen LogP contribution in [0.5, 0.6) is 5.75 Å². The highest BCUT2D eigenvalue weighted by molar-refractivity contribution is 5.29. The lowest BCUT2D eigenvalue weighted by atomic mass is 9.91. The maximum Gasteiger partial charge on any atom is 0.248 e. The molecule has 0 aliphatic heterocycles. The molecule has 2 atom stereocenters. The number of rotatable bonds is 4. The van der Waals surface area contributed by atoms with Gasteiger partial charge in [0.25, 0.3) is 0 Å². The van der Waals surface area contributed by atoms with Crippen LogP contribution in [0.1, 0.15) is 30.9 Å². The van der Waals surface area contributed by atoms with Gasteiger partial charge in [-0.25, -0.2) is 8.78 Å². The third-order valence-corrected chi connectivity index (χ3v) is 3.70. The molecule has 0 radical (unpaired) electrons. The fourth-order valence-electron chi connectivity index (χ4n) is 2.75. The number of alkyl halides is 2. The summed E-state index contributed by atoms with van der Waals surface area (Å²) < 4.78 is 31.7. The summed E-state index contributed by atoms with van der Waals surface area (Å²) in [5.74, 6) is -1.71. The molecule has 0 heterocycles. The van der Waals surface area contributed by atoms with Crippen LogP contribution in [-0.4, -0.2) is 20.1 Å². The molecular formula is C14H19F2NO. The normalized spacial score (nSPS) is 23.9. The summed E-state index contributed by atoms with van der Waals surface area (Å²) in [6, 6.07) is 7.61. The van der Waals surface area contributed by atoms with Crippen molar-refractivity contribution in [3.63, 3.8) is 0 Å². The van der Waals surface area contributed by atoms with E-state index in [1.807, 2.05) is 31.3 Å². The monoisotopic (exact) mass is 255 g/mol. The number of halogens is 2. The summed E-state index contributed by atoms with van der Waals surface area (Å²) in [7, 11) is 3.44. The third kappa shape index (κ3) is 2.80. The van der Waals surface area contributed by atoms with E-state index in [0.717, 1.165) is 11.3 Å². The van der Waals surface area contributed by atoms with Crippen molar-refractivity contribution < 1.29 is 13.5 Å². The number of methoxy groups -OCH3 is 1. The van der Waals surface area contributed by atoms with Gasteiger partial charge in [-0.2, -0.15) is 0 Å². The average Bonchev–Trinajstić information content (AvgIpc) is 2.71. The van der Waals surface area contributed by atoms with E-state index in [1.165, 1.54) is 0 Å². The Morgan fingerprint density at radius 3 is 2.44 bits per heavy atom. The van der Waals surface area contributed by atoms with Crippen molar-refractivity contribution in [3.05, 3.63) is 29.8 Å². The molecule has 1 N–H and O–H groups in total. The Bertz CT molecular complexity index is 391. The van der Waals surface area contributed by atoms with E-state index in [2.05, 4.69) is 5.32 Å². The second kappa shape index (κ2) is 5.22. The van der Waals surface area contributed by atoms with E-state index in [-0.39, 0.29) is 24.8 Å². The van der Waals surface area contributed by atoms with Gasteiger partial charge in [-0.05, 0) is 37.1 Å². The molecule has 100 valence electrons. The van der Waals surface area contributed by atoms with Gasteiger partial charge in [0, 0.05) is 18.9 Å². The van der Waals surface area contributed by atoms with Gasteiger partial charge in [0.1, 0.15) is 5.75 Å². The SMILES string of the molecule is CNC(c1ccc(OC)cc1)C1CCC(F)(F)C1. The Morgan fingerprint density at radius 1 is 1.33 bits per heavy atom. The standard InChI is InChI=1S/C14H19F2NO/c1-17-13(11-7-8-14(15,16)9-11)10-3-5-12(18-2)6-4-10/h3-6,11,13,17H,7-9H2,1-2H3. The molecule has 4 heteroatoms. The average molecular weight is 255 g/mol. The van der Waals surface area contributed by atoms with E-state index in [0.29, 0.717) is 6.42 Å². The van der Waals surface area contributed by atoms with Crippen molar-refractivity contribution in [2.45, 2.75) is 31.2 Å². The van der Waals surface area contributed by atoms with Gasteiger partial charge in [-0.15, -0.1) is 0 Å². The van der Waals surface area contributed by atoms with Gasteiger partial charge in [0.05, 0.1) is 7.11 Å². The first kappa shape index (κ1) is 13.3. The summed E-state index contributed by atoms with van der Waals surface area (Å²) >= 11 is 0. The number of nitrogens with one attached hydrogen (secondary N) is 1. The largest absolute Gasteiger partial charge is 0.497 e. The highest BCUT2D eigenvalue weighted by Crippen LogP contribution is 2.44. The molecule has 1 aromatic rings. The van der Waals surface area contributed by atoms with E-state index < -0.39 is 5.92 Å². The highest BCUT2D eigenvalue weighted by atomic mass is 19.3. The molecule has 0 saturated heterocycles. The molecule has 2 unspecified atom stereocenters. The lowest BCUT2D eigenvalue weighted by Gasteiger charge is -2.23. The lowest BCUT2D eigenvalue weighted by molar-refractivity contribution is 0.00340. The molecule has 0 aromatic heterocycles. The van der Waals surface area contributed by atoms with E-state index in [9.17, 15) is 8.78 Å². The predicted molar refractivity (Wildman–Crippen MR) is 67.1 cm³/mol. The number of benzene rings is 1. The first-order valence-corrected chi connectivity index (χ1v) is 6.25. The smallest absolute Gasteiger partial charge is 0.248 e. The predicted octanol–water partition coefficient (Wildman–Crippen LogP) is 3.39. The van der Waals surface area contributed by atoms with Crippen molar-refractivity contribution in [1.82, 2.24) is 5.32 Å². The first-order valence-electron chi connectivity index (χ1n) is 6.25. The zero-order chi connectivity index (χ0) is 13.2. The Labute approximate surface area is 106 Å². The van der Waals surface area contributed by atoms with Crippen LogP contribution in [0.3, 0.4) is 0 Å². The van der Waals surface area contributed by atoms with E-state index >= 15 is 0 Å². The molecule has 1 aliphatic carbocycles. The van der Waals surface area contributed by atoms with Gasteiger partial charge in [-0.1, -0.05) is 12.1 Å². The molecule has 0 bridgehead atoms. The van der Waals surface area contributed by atoms with Crippen LogP contribution in [0.15, 0.2) is 24.3 Å². The molecule has 0 spiro atoms. The summed E-state index contributed by atoms with van der Waals surface area (Å²) in [5, 5.41) is 3.16. The topological polar surface area (TPSA) is 21.3 Å². The summed E-state index contributed by atoms with van der Waals surface area (Å²) in [6.07, 6.45) is 0.557. The highest BCUT2D eigenvalue weighted by Gasteiger charge is 2.42. The van der Waals surface area contributed by atoms with Gasteiger partial charge >= 0.3 is 0 Å². The van der Waals surface area contributed by atoms with Crippen LogP contribution in [0.2, 0.25) is 0 Å². The summed E-state index contributed by atoms with van der Waals surface area (Å²) in [4.78, 5) is 0. The first-order chi connectivity index (χ1) is 8.55. The minimum Gasteiger partial charge on any atom is -0.497 e. The number of hydrogen-bond donors (Lipinski definition) is 1. The molecular weight excluding hydrogens is 236 g/mol. The zero-order valence-electron chi connectivity index (χ0n) is 10.7. The molecule has 1 saturated carbocycles. The van der Waals surface area contributed by atoms with Gasteiger partial charge in [0.2, 0.25) is 5.92 Å². The summed E-state index contributed by atoms with van der Waals surface area (Å²) in [6.45, 7) is 0. The maximum atomic E-state index is 13.3. The Morgan fingerprint density at radius 2 is 2.00 bits per heavy atom. The second-order valence-corrected chi connectivity index (χ2v) is 4.90. The van der Waals surface area contributed by atoms with Crippen molar-refractivity contribution in [1.29, 1.82) is 0 Å². The van der Waals surface area contributed by atoms with E-state index in [4.69, 9.17) is 4.74 Å². The fourth-order valence-corrected chi connectivity index (χ4v) is 2.75. The van der Waals surface area contributed by atoms with Gasteiger partial charge < -0.3 is 10.1 Å². The van der Waals surface area contributed by atoms with Gasteiger partial charge in [-0.3, -0.25) is 0 Å². The third-order valence-electron chi connectivity index (χ3n) is 3.70. The Balaban J connectivity index is 2.13. The van der Waals surface area contributed by atoms with Crippen LogP contribution in [0.25, 0.3) is 0 Å². The number of hydrogen-bond acceptors (Lipinski definition) is 2. The quantitative estimate of drug-likeness (QED) is 0.890. The Hall–Kier alpha value is -1.16. The molecule has 1 aromatic carbocycles. The van der Waals surface area contributed by atoms with Gasteiger partial charge in [0.15, 0.2) is 0 Å². The zero-order valence-corrected chi connectivity index (χ0v) is 10.7. The molecule has 18 heavy (non-hydrogen) atoms. The lowest BCUT2D eigenvalue weighted by Crippen LogP contribution is -2.25. The number of ether oxygens (including phenoxy) is 1. The van der Waals surface area contributed by atoms with Crippen LogP contribution in [-0.2, 0) is 0 Å². The van der Waals surface area contributed by atoms with Crippen LogP contribution < -0.4 is 10.1 Å². The second-order valence-electron chi connectivity index (χ2n) is 4.90. The minimum atomic E-state index is -2.49. The minimum absolute atomic E-state index is 0.00149. The van der Waals surface area contributed by atoms with Crippen LogP contribution in [0, 0.1) is 5.92 Å². The molecule has 2 rings (SSSR count). The Kier molecular flexibility index (Phi) is 3.85. The van der Waals surface area contributed by atoms with Crippen molar-refractivity contribution >= 4 is 0 Å². The van der Waals surface area contributed by atoms with Crippen molar-refractivity contribution in [2.75, 3.05) is 14.2 Å². The van der Waals surface area contributed by atoms with Crippen LogP contribution in [0.4, 0.5) is 8.78 Å². The molecule has 2 nitrogen and oxygen atoms in total. The molecule has 0 amide bonds. The molecule has 1 fully saturated rings. The summed E-state index contributed by atoms with van der Waals surface area (Å²) in [5.41, 5.74) is 1.04. The van der Waals surface area contributed by atoms with Crippen molar-refractivity contribution in [3.8, 4) is 5.75 Å². The maximum absolute atomic E-state index is 13.3. The fraction of sp³-hybridized carbons (Fsp3) is 0.571. The van der Waals surface area contributed by atoms with Crippen molar-refractivity contribution in [2.24, 2.45) is 5.92 Å². The van der Waals surface area contributed by atoms with Crippen LogP contribution >= 0.6 is 0 Å². The molecule has 1 aliphatic rings.